The first-order chi connectivity index (χ1) is 9.84. The molecule has 2 heterocycles. The van der Waals surface area contributed by atoms with Crippen molar-refractivity contribution in [1.29, 1.82) is 0 Å². The SMILES string of the molecule is O=C(Oc1cn[nH]c1-c1ccccc1)N1CCNCC1. The summed E-state index contributed by atoms with van der Waals surface area (Å²) in [6.45, 7) is 2.92. The van der Waals surface area contributed by atoms with Gasteiger partial charge in [-0.2, -0.15) is 5.10 Å². The molecule has 0 saturated carbocycles. The molecular weight excluding hydrogens is 256 g/mol. The summed E-state index contributed by atoms with van der Waals surface area (Å²) in [5.41, 5.74) is 1.65. The number of aromatic nitrogens is 2. The van der Waals surface area contributed by atoms with Crippen molar-refractivity contribution in [2.75, 3.05) is 26.2 Å². The van der Waals surface area contributed by atoms with Crippen LogP contribution in [-0.4, -0.2) is 47.4 Å². The second kappa shape index (κ2) is 5.75. The van der Waals surface area contributed by atoms with Gasteiger partial charge in [0.05, 0.1) is 6.20 Å². The van der Waals surface area contributed by atoms with Crippen LogP contribution in [0.25, 0.3) is 11.3 Å². The average molecular weight is 272 g/mol. The van der Waals surface area contributed by atoms with Gasteiger partial charge in [0.1, 0.15) is 5.69 Å². The summed E-state index contributed by atoms with van der Waals surface area (Å²) in [5, 5.41) is 10.0. The van der Waals surface area contributed by atoms with E-state index in [9.17, 15) is 4.79 Å². The Morgan fingerprint density at radius 1 is 1.20 bits per heavy atom. The van der Waals surface area contributed by atoms with Crippen molar-refractivity contribution in [3.8, 4) is 17.0 Å². The molecule has 1 aromatic carbocycles. The molecule has 6 heteroatoms. The summed E-state index contributed by atoms with van der Waals surface area (Å²) < 4.78 is 5.44. The number of hydrogen-bond donors (Lipinski definition) is 2. The van der Waals surface area contributed by atoms with Gasteiger partial charge in [-0.25, -0.2) is 4.79 Å². The molecule has 1 aromatic heterocycles. The first-order valence-electron chi connectivity index (χ1n) is 6.61. The predicted octanol–water partition coefficient (Wildman–Crippen LogP) is 1.48. The zero-order valence-corrected chi connectivity index (χ0v) is 11.0. The van der Waals surface area contributed by atoms with E-state index >= 15 is 0 Å². The van der Waals surface area contributed by atoms with Gasteiger partial charge in [0.15, 0.2) is 5.75 Å². The molecule has 3 rings (SSSR count). The summed E-state index contributed by atoms with van der Waals surface area (Å²) in [4.78, 5) is 13.8. The van der Waals surface area contributed by atoms with E-state index in [1.165, 1.54) is 6.20 Å². The van der Waals surface area contributed by atoms with Gasteiger partial charge in [0, 0.05) is 31.7 Å². The van der Waals surface area contributed by atoms with Crippen molar-refractivity contribution in [3.63, 3.8) is 0 Å². The first-order valence-corrected chi connectivity index (χ1v) is 6.61. The van der Waals surface area contributed by atoms with Crippen LogP contribution in [0.1, 0.15) is 0 Å². The van der Waals surface area contributed by atoms with Crippen LogP contribution in [-0.2, 0) is 0 Å². The van der Waals surface area contributed by atoms with Crippen LogP contribution in [0, 0.1) is 0 Å². The summed E-state index contributed by atoms with van der Waals surface area (Å²) >= 11 is 0. The molecule has 0 spiro atoms. The van der Waals surface area contributed by atoms with Crippen molar-refractivity contribution in [2.45, 2.75) is 0 Å². The van der Waals surface area contributed by atoms with Gasteiger partial charge in [-0.05, 0) is 0 Å². The third-order valence-electron chi connectivity index (χ3n) is 3.24. The molecule has 0 aliphatic carbocycles. The van der Waals surface area contributed by atoms with E-state index in [0.29, 0.717) is 24.5 Å². The molecule has 1 aliphatic heterocycles. The van der Waals surface area contributed by atoms with Crippen LogP contribution in [0.2, 0.25) is 0 Å². The molecule has 104 valence electrons. The summed E-state index contributed by atoms with van der Waals surface area (Å²) in [6.07, 6.45) is 1.20. The maximum Gasteiger partial charge on any atom is 0.415 e. The second-order valence-electron chi connectivity index (χ2n) is 4.58. The highest BCUT2D eigenvalue weighted by Gasteiger charge is 2.20. The standard InChI is InChI=1S/C14H16N4O2/c19-14(18-8-6-15-7-9-18)20-12-10-16-17-13(12)11-4-2-1-3-5-11/h1-5,10,15H,6-9H2,(H,16,17). The van der Waals surface area contributed by atoms with Gasteiger partial charge >= 0.3 is 6.09 Å². The highest BCUT2D eigenvalue weighted by Crippen LogP contribution is 2.27. The fourth-order valence-corrected chi connectivity index (χ4v) is 2.17. The molecule has 1 aliphatic rings. The molecule has 1 saturated heterocycles. The molecular formula is C14H16N4O2. The zero-order valence-electron chi connectivity index (χ0n) is 11.0. The lowest BCUT2D eigenvalue weighted by atomic mass is 10.1. The van der Waals surface area contributed by atoms with Crippen LogP contribution < -0.4 is 10.1 Å². The van der Waals surface area contributed by atoms with Gasteiger partial charge in [0.2, 0.25) is 0 Å². The Morgan fingerprint density at radius 2 is 1.95 bits per heavy atom. The van der Waals surface area contributed by atoms with E-state index < -0.39 is 0 Å². The lowest BCUT2D eigenvalue weighted by Crippen LogP contribution is -2.47. The van der Waals surface area contributed by atoms with Gasteiger partial charge in [0.25, 0.3) is 0 Å². The van der Waals surface area contributed by atoms with E-state index in [1.54, 1.807) is 4.90 Å². The van der Waals surface area contributed by atoms with Crippen LogP contribution in [0.15, 0.2) is 36.5 Å². The lowest BCUT2D eigenvalue weighted by molar-refractivity contribution is 0.146. The minimum absolute atomic E-state index is 0.329. The van der Waals surface area contributed by atoms with Crippen LogP contribution in [0.4, 0.5) is 4.79 Å². The average Bonchev–Trinajstić information content (AvgIpc) is 2.97. The number of benzene rings is 1. The second-order valence-corrected chi connectivity index (χ2v) is 4.58. The number of piperazine rings is 1. The Labute approximate surface area is 116 Å². The number of carbonyl (C=O) groups excluding carboxylic acids is 1. The molecule has 0 bridgehead atoms. The normalized spacial score (nSPS) is 15.1. The van der Waals surface area contributed by atoms with E-state index in [-0.39, 0.29) is 6.09 Å². The molecule has 1 amide bonds. The Morgan fingerprint density at radius 3 is 2.70 bits per heavy atom. The topological polar surface area (TPSA) is 70.2 Å². The van der Waals surface area contributed by atoms with E-state index in [1.807, 2.05) is 30.3 Å². The molecule has 0 radical (unpaired) electrons. The highest BCUT2D eigenvalue weighted by molar-refractivity contribution is 5.75. The first kappa shape index (κ1) is 12.7. The molecule has 0 atom stereocenters. The van der Waals surface area contributed by atoms with Gasteiger partial charge in [-0.1, -0.05) is 30.3 Å². The third kappa shape index (κ3) is 2.65. The minimum Gasteiger partial charge on any atom is -0.406 e. The van der Waals surface area contributed by atoms with Crippen molar-refractivity contribution in [1.82, 2.24) is 20.4 Å². The van der Waals surface area contributed by atoms with Crippen molar-refractivity contribution < 1.29 is 9.53 Å². The van der Waals surface area contributed by atoms with Crippen LogP contribution in [0.3, 0.4) is 0 Å². The largest absolute Gasteiger partial charge is 0.415 e. The number of nitrogens with one attached hydrogen (secondary N) is 2. The Kier molecular flexibility index (Phi) is 3.64. The number of carbonyl (C=O) groups is 1. The number of aromatic amines is 1. The van der Waals surface area contributed by atoms with E-state index in [2.05, 4.69) is 15.5 Å². The fourth-order valence-electron chi connectivity index (χ4n) is 2.17. The lowest BCUT2D eigenvalue weighted by Gasteiger charge is -2.26. The summed E-state index contributed by atoms with van der Waals surface area (Å²) in [5.74, 6) is 0.458. The van der Waals surface area contributed by atoms with Gasteiger partial charge in [-0.15, -0.1) is 0 Å². The van der Waals surface area contributed by atoms with E-state index in [4.69, 9.17) is 4.74 Å². The molecule has 1 fully saturated rings. The van der Waals surface area contributed by atoms with Crippen molar-refractivity contribution in [2.24, 2.45) is 0 Å². The minimum atomic E-state index is -0.329. The number of hydrogen-bond acceptors (Lipinski definition) is 4. The van der Waals surface area contributed by atoms with Crippen LogP contribution >= 0.6 is 0 Å². The number of amides is 1. The van der Waals surface area contributed by atoms with Crippen molar-refractivity contribution >= 4 is 6.09 Å². The van der Waals surface area contributed by atoms with E-state index in [0.717, 1.165) is 18.7 Å². The summed E-state index contributed by atoms with van der Waals surface area (Å²) in [6, 6.07) is 9.67. The molecule has 6 nitrogen and oxygen atoms in total. The highest BCUT2D eigenvalue weighted by atomic mass is 16.6. The monoisotopic (exact) mass is 272 g/mol. The molecule has 2 aromatic rings. The predicted molar refractivity (Wildman–Crippen MR) is 74.5 cm³/mol. The number of rotatable bonds is 2. The number of H-pyrrole nitrogens is 1. The smallest absolute Gasteiger partial charge is 0.406 e. The Bertz CT molecular complexity index is 576. The quantitative estimate of drug-likeness (QED) is 0.868. The maximum atomic E-state index is 12.1. The number of nitrogens with zero attached hydrogens (tertiary/aromatic N) is 2. The Balaban J connectivity index is 1.75. The molecule has 0 unspecified atom stereocenters. The molecule has 20 heavy (non-hydrogen) atoms. The Hall–Kier alpha value is -2.34. The maximum absolute atomic E-state index is 12.1. The van der Waals surface area contributed by atoms with Gasteiger partial charge < -0.3 is 15.0 Å². The van der Waals surface area contributed by atoms with Crippen LogP contribution in [0.5, 0.6) is 5.75 Å². The fraction of sp³-hybridized carbons (Fsp3) is 0.286. The summed E-state index contributed by atoms with van der Waals surface area (Å²) in [7, 11) is 0. The number of ether oxygens (including phenoxy) is 1. The third-order valence-corrected chi connectivity index (χ3v) is 3.24. The zero-order chi connectivity index (χ0) is 13.8. The van der Waals surface area contributed by atoms with Gasteiger partial charge in [-0.3, -0.25) is 5.10 Å². The molecule has 2 N–H and O–H groups in total. The van der Waals surface area contributed by atoms with Crippen molar-refractivity contribution in [3.05, 3.63) is 36.5 Å².